The average Bonchev–Trinajstić information content (AvgIpc) is 3.17. The van der Waals surface area contributed by atoms with E-state index < -0.39 is 0 Å². The lowest BCUT2D eigenvalue weighted by Crippen LogP contribution is -2.39. The van der Waals surface area contributed by atoms with E-state index in [1.807, 2.05) is 28.9 Å². The number of carbonyl (C=O) groups excluding carboxylic acids is 1. The molecule has 1 fully saturated rings. The smallest absolute Gasteiger partial charge is 0.227 e. The number of carbonyl (C=O) groups is 1. The summed E-state index contributed by atoms with van der Waals surface area (Å²) in [6.45, 7) is 3.56. The summed E-state index contributed by atoms with van der Waals surface area (Å²) >= 11 is 6.06. The number of aromatic nitrogens is 2. The van der Waals surface area contributed by atoms with Crippen molar-refractivity contribution in [3.8, 4) is 5.75 Å². The standard InChI is InChI=1S/C18H22ClN3O2/c1-13-10-20-21(11-13)12-16-4-3-7-22(16)18(23)9-14-8-15(19)5-6-17(14)24-2/h5-6,8,10-11,16H,3-4,7,9,12H2,1-2H3. The van der Waals surface area contributed by atoms with Gasteiger partial charge in [-0.05, 0) is 43.5 Å². The molecule has 0 N–H and O–H groups in total. The molecule has 2 aromatic rings. The van der Waals surface area contributed by atoms with Gasteiger partial charge in [-0.2, -0.15) is 5.10 Å². The molecule has 0 radical (unpaired) electrons. The summed E-state index contributed by atoms with van der Waals surface area (Å²) in [5.41, 5.74) is 1.96. The SMILES string of the molecule is COc1ccc(Cl)cc1CC(=O)N1CCCC1Cn1cc(C)cn1. The average molecular weight is 348 g/mol. The Morgan fingerprint density at radius 3 is 3.00 bits per heavy atom. The molecule has 1 unspecified atom stereocenters. The number of amides is 1. The molecular formula is C18H22ClN3O2. The summed E-state index contributed by atoms with van der Waals surface area (Å²) in [5, 5.41) is 4.95. The second-order valence-electron chi connectivity index (χ2n) is 6.26. The quantitative estimate of drug-likeness (QED) is 0.835. The molecule has 1 aliphatic rings. The highest BCUT2D eigenvalue weighted by molar-refractivity contribution is 6.30. The molecule has 1 aromatic carbocycles. The van der Waals surface area contributed by atoms with Gasteiger partial charge in [0, 0.05) is 23.3 Å². The van der Waals surface area contributed by atoms with Crippen molar-refractivity contribution in [2.24, 2.45) is 0 Å². The normalized spacial score (nSPS) is 17.3. The Labute approximate surface area is 147 Å². The number of halogens is 1. The Bertz CT molecular complexity index is 729. The second-order valence-corrected chi connectivity index (χ2v) is 6.69. The van der Waals surface area contributed by atoms with E-state index in [9.17, 15) is 4.79 Å². The van der Waals surface area contributed by atoms with E-state index in [1.54, 1.807) is 25.3 Å². The summed E-state index contributed by atoms with van der Waals surface area (Å²) in [6, 6.07) is 5.58. The van der Waals surface area contributed by atoms with E-state index in [0.29, 0.717) is 17.2 Å². The molecule has 1 aromatic heterocycles. The van der Waals surface area contributed by atoms with Crippen LogP contribution in [0.1, 0.15) is 24.0 Å². The van der Waals surface area contributed by atoms with Crippen LogP contribution in [0, 0.1) is 6.92 Å². The molecule has 0 bridgehead atoms. The van der Waals surface area contributed by atoms with E-state index in [4.69, 9.17) is 16.3 Å². The molecular weight excluding hydrogens is 326 g/mol. The Morgan fingerprint density at radius 1 is 1.46 bits per heavy atom. The fraction of sp³-hybridized carbons (Fsp3) is 0.444. The van der Waals surface area contributed by atoms with Crippen LogP contribution in [0.25, 0.3) is 0 Å². The summed E-state index contributed by atoms with van der Waals surface area (Å²) in [6.07, 6.45) is 6.21. The lowest BCUT2D eigenvalue weighted by molar-refractivity contribution is -0.131. The van der Waals surface area contributed by atoms with Crippen LogP contribution >= 0.6 is 11.6 Å². The molecule has 0 spiro atoms. The second kappa shape index (κ2) is 7.26. The van der Waals surface area contributed by atoms with Gasteiger partial charge in [-0.3, -0.25) is 9.48 Å². The highest BCUT2D eigenvalue weighted by Crippen LogP contribution is 2.26. The first-order valence-electron chi connectivity index (χ1n) is 8.18. The largest absolute Gasteiger partial charge is 0.496 e. The van der Waals surface area contributed by atoms with Crippen molar-refractivity contribution in [3.63, 3.8) is 0 Å². The predicted molar refractivity (Wildman–Crippen MR) is 93.4 cm³/mol. The Kier molecular flexibility index (Phi) is 5.09. The van der Waals surface area contributed by atoms with Gasteiger partial charge in [0.05, 0.1) is 32.3 Å². The van der Waals surface area contributed by atoms with Crippen molar-refractivity contribution < 1.29 is 9.53 Å². The van der Waals surface area contributed by atoms with Gasteiger partial charge in [0.15, 0.2) is 0 Å². The lowest BCUT2D eigenvalue weighted by Gasteiger charge is -2.25. The number of likely N-dealkylation sites (tertiary alicyclic amines) is 1. The topological polar surface area (TPSA) is 47.4 Å². The summed E-state index contributed by atoms with van der Waals surface area (Å²) in [7, 11) is 1.61. The molecule has 2 heterocycles. The van der Waals surface area contributed by atoms with Gasteiger partial charge < -0.3 is 9.64 Å². The molecule has 1 amide bonds. The van der Waals surface area contributed by atoms with Crippen LogP contribution in [-0.2, 0) is 17.8 Å². The third-order valence-electron chi connectivity index (χ3n) is 4.44. The fourth-order valence-corrected chi connectivity index (χ4v) is 3.48. The van der Waals surface area contributed by atoms with Crippen LogP contribution < -0.4 is 4.74 Å². The summed E-state index contributed by atoms with van der Waals surface area (Å²) in [4.78, 5) is 14.8. The highest BCUT2D eigenvalue weighted by Gasteiger charge is 2.29. The summed E-state index contributed by atoms with van der Waals surface area (Å²) < 4.78 is 7.27. The lowest BCUT2D eigenvalue weighted by atomic mass is 10.1. The van der Waals surface area contributed by atoms with Crippen LogP contribution in [0.2, 0.25) is 5.02 Å². The molecule has 128 valence electrons. The molecule has 6 heteroatoms. The van der Waals surface area contributed by atoms with E-state index in [-0.39, 0.29) is 11.9 Å². The van der Waals surface area contributed by atoms with Crippen molar-refractivity contribution in [2.45, 2.75) is 38.8 Å². The third kappa shape index (κ3) is 3.73. The van der Waals surface area contributed by atoms with Crippen molar-refractivity contribution >= 4 is 17.5 Å². The number of benzene rings is 1. The Balaban J connectivity index is 1.70. The highest BCUT2D eigenvalue weighted by atomic mass is 35.5. The Morgan fingerprint density at radius 2 is 2.29 bits per heavy atom. The number of ether oxygens (including phenoxy) is 1. The van der Waals surface area contributed by atoms with Crippen LogP contribution in [0.3, 0.4) is 0 Å². The monoisotopic (exact) mass is 347 g/mol. The number of rotatable bonds is 5. The zero-order chi connectivity index (χ0) is 17.1. The minimum Gasteiger partial charge on any atom is -0.496 e. The van der Waals surface area contributed by atoms with Gasteiger partial charge in [0.25, 0.3) is 0 Å². The number of aryl methyl sites for hydroxylation is 1. The van der Waals surface area contributed by atoms with Crippen LogP contribution in [0.15, 0.2) is 30.6 Å². The van der Waals surface area contributed by atoms with Gasteiger partial charge >= 0.3 is 0 Å². The molecule has 0 saturated carbocycles. The molecule has 5 nitrogen and oxygen atoms in total. The van der Waals surface area contributed by atoms with Gasteiger partial charge in [-0.15, -0.1) is 0 Å². The van der Waals surface area contributed by atoms with Crippen molar-refractivity contribution in [1.29, 1.82) is 0 Å². The molecule has 1 saturated heterocycles. The third-order valence-corrected chi connectivity index (χ3v) is 4.68. The van der Waals surface area contributed by atoms with Crippen LogP contribution in [0.4, 0.5) is 0 Å². The van der Waals surface area contributed by atoms with Crippen LogP contribution in [-0.4, -0.2) is 40.3 Å². The van der Waals surface area contributed by atoms with Crippen LogP contribution in [0.5, 0.6) is 5.75 Å². The van der Waals surface area contributed by atoms with Crippen molar-refractivity contribution in [3.05, 3.63) is 46.7 Å². The van der Waals surface area contributed by atoms with Gasteiger partial charge in [-0.25, -0.2) is 0 Å². The van der Waals surface area contributed by atoms with Crippen molar-refractivity contribution in [1.82, 2.24) is 14.7 Å². The molecule has 1 atom stereocenters. The number of nitrogens with zero attached hydrogens (tertiary/aromatic N) is 3. The Hall–Kier alpha value is -2.01. The first kappa shape index (κ1) is 16.8. The van der Waals surface area contributed by atoms with E-state index in [1.165, 1.54) is 0 Å². The predicted octanol–water partition coefficient (Wildman–Crippen LogP) is 3.09. The molecule has 1 aliphatic heterocycles. The van der Waals surface area contributed by atoms with Crippen molar-refractivity contribution in [2.75, 3.05) is 13.7 Å². The van der Waals surface area contributed by atoms with Gasteiger partial charge in [0.2, 0.25) is 5.91 Å². The zero-order valence-electron chi connectivity index (χ0n) is 14.0. The maximum atomic E-state index is 12.8. The molecule has 3 rings (SSSR count). The first-order chi connectivity index (χ1) is 11.6. The maximum Gasteiger partial charge on any atom is 0.227 e. The maximum absolute atomic E-state index is 12.8. The number of hydrogen-bond acceptors (Lipinski definition) is 3. The molecule has 0 aliphatic carbocycles. The van der Waals surface area contributed by atoms with Gasteiger partial charge in [0.1, 0.15) is 5.75 Å². The minimum atomic E-state index is 0.113. The minimum absolute atomic E-state index is 0.113. The fourth-order valence-electron chi connectivity index (χ4n) is 3.29. The zero-order valence-corrected chi connectivity index (χ0v) is 14.8. The number of methoxy groups -OCH3 is 1. The summed E-state index contributed by atoms with van der Waals surface area (Å²) in [5.74, 6) is 0.813. The first-order valence-corrected chi connectivity index (χ1v) is 8.55. The van der Waals surface area contributed by atoms with E-state index in [0.717, 1.165) is 37.1 Å². The molecule has 24 heavy (non-hydrogen) atoms. The van der Waals surface area contributed by atoms with Gasteiger partial charge in [-0.1, -0.05) is 11.6 Å². The van der Waals surface area contributed by atoms with E-state index in [2.05, 4.69) is 5.10 Å². The number of hydrogen-bond donors (Lipinski definition) is 0. The van der Waals surface area contributed by atoms with E-state index >= 15 is 0 Å².